The van der Waals surface area contributed by atoms with Gasteiger partial charge < -0.3 is 19.5 Å². The standard InChI is InChI=1S/C17H21NO5/c1-5-8-18-12-9-11(6-7-14(19)20)10-13(22-4)15(12)23-17(2,3)16(18)21/h6-7,9-10H,5,8H2,1-4H3,(H,19,20)/b7-6+. The van der Waals surface area contributed by atoms with Gasteiger partial charge in [-0.05, 0) is 44.0 Å². The van der Waals surface area contributed by atoms with Crippen molar-refractivity contribution >= 4 is 23.6 Å². The van der Waals surface area contributed by atoms with Gasteiger partial charge in [-0.2, -0.15) is 0 Å². The average molecular weight is 319 g/mol. The van der Waals surface area contributed by atoms with Crippen molar-refractivity contribution in [1.29, 1.82) is 0 Å². The predicted octanol–water partition coefficient (Wildman–Crippen LogP) is 2.71. The van der Waals surface area contributed by atoms with Crippen molar-refractivity contribution in [3.05, 3.63) is 23.8 Å². The number of benzene rings is 1. The Bertz CT molecular complexity index is 663. The van der Waals surface area contributed by atoms with Gasteiger partial charge in [0.05, 0.1) is 12.8 Å². The van der Waals surface area contributed by atoms with Gasteiger partial charge in [-0.3, -0.25) is 4.79 Å². The Morgan fingerprint density at radius 3 is 2.70 bits per heavy atom. The maximum atomic E-state index is 12.6. The van der Waals surface area contributed by atoms with Crippen molar-refractivity contribution in [3.8, 4) is 11.5 Å². The highest BCUT2D eigenvalue weighted by atomic mass is 16.5. The van der Waals surface area contributed by atoms with Crippen molar-refractivity contribution in [2.24, 2.45) is 0 Å². The number of fused-ring (bicyclic) bond motifs is 1. The van der Waals surface area contributed by atoms with Gasteiger partial charge in [-0.1, -0.05) is 6.92 Å². The average Bonchev–Trinajstić information content (AvgIpc) is 2.49. The van der Waals surface area contributed by atoms with Crippen molar-refractivity contribution in [2.75, 3.05) is 18.6 Å². The second-order valence-electron chi connectivity index (χ2n) is 5.81. The molecule has 0 spiro atoms. The highest BCUT2D eigenvalue weighted by Gasteiger charge is 2.42. The third-order valence-electron chi connectivity index (χ3n) is 3.55. The number of nitrogens with zero attached hydrogens (tertiary/aromatic N) is 1. The van der Waals surface area contributed by atoms with Crippen LogP contribution < -0.4 is 14.4 Å². The number of hydrogen-bond donors (Lipinski definition) is 1. The van der Waals surface area contributed by atoms with Gasteiger partial charge >= 0.3 is 5.97 Å². The summed E-state index contributed by atoms with van der Waals surface area (Å²) in [5.74, 6) is -0.207. The van der Waals surface area contributed by atoms with Crippen molar-refractivity contribution < 1.29 is 24.2 Å². The topological polar surface area (TPSA) is 76.1 Å². The van der Waals surface area contributed by atoms with Gasteiger partial charge in [-0.25, -0.2) is 4.79 Å². The molecule has 0 bridgehead atoms. The first-order valence-electron chi connectivity index (χ1n) is 7.44. The van der Waals surface area contributed by atoms with Crippen LogP contribution in [-0.2, 0) is 9.59 Å². The van der Waals surface area contributed by atoms with E-state index >= 15 is 0 Å². The molecule has 0 radical (unpaired) electrons. The van der Waals surface area contributed by atoms with Crippen LogP contribution in [0.2, 0.25) is 0 Å². The van der Waals surface area contributed by atoms with Crippen LogP contribution in [0.1, 0.15) is 32.8 Å². The van der Waals surface area contributed by atoms with Gasteiger partial charge in [0.25, 0.3) is 5.91 Å². The lowest BCUT2D eigenvalue weighted by Crippen LogP contribution is -2.52. The number of carboxylic acid groups (broad SMARTS) is 1. The van der Waals surface area contributed by atoms with Crippen molar-refractivity contribution in [1.82, 2.24) is 0 Å². The van der Waals surface area contributed by atoms with Gasteiger partial charge in [0, 0.05) is 12.6 Å². The molecule has 0 unspecified atom stereocenters. The zero-order valence-electron chi connectivity index (χ0n) is 13.8. The largest absolute Gasteiger partial charge is 0.493 e. The Labute approximate surface area is 135 Å². The number of carbonyl (C=O) groups is 2. The highest BCUT2D eigenvalue weighted by Crippen LogP contribution is 2.45. The number of amides is 1. The summed E-state index contributed by atoms with van der Waals surface area (Å²) < 4.78 is 11.2. The number of hydrogen-bond acceptors (Lipinski definition) is 4. The Balaban J connectivity index is 2.60. The molecule has 124 valence electrons. The summed E-state index contributed by atoms with van der Waals surface area (Å²) >= 11 is 0. The zero-order valence-corrected chi connectivity index (χ0v) is 13.8. The summed E-state index contributed by atoms with van der Waals surface area (Å²) in [4.78, 5) is 25.0. The third kappa shape index (κ3) is 3.31. The van der Waals surface area contributed by atoms with Crippen LogP contribution in [0.5, 0.6) is 11.5 Å². The Kier molecular flexibility index (Phi) is 4.63. The van der Waals surface area contributed by atoms with Crippen LogP contribution in [-0.4, -0.2) is 36.2 Å². The second kappa shape index (κ2) is 6.32. The van der Waals surface area contributed by atoms with Gasteiger partial charge in [0.1, 0.15) is 0 Å². The van der Waals surface area contributed by atoms with E-state index < -0.39 is 11.6 Å². The number of aliphatic carboxylic acids is 1. The van der Waals surface area contributed by atoms with E-state index in [1.165, 1.54) is 13.2 Å². The minimum atomic E-state index is -1.04. The van der Waals surface area contributed by atoms with Crippen LogP contribution in [0, 0.1) is 0 Å². The first kappa shape index (κ1) is 16.9. The predicted molar refractivity (Wildman–Crippen MR) is 87.0 cm³/mol. The molecular weight excluding hydrogens is 298 g/mol. The Morgan fingerprint density at radius 1 is 1.43 bits per heavy atom. The van der Waals surface area contributed by atoms with E-state index in [1.54, 1.807) is 30.9 Å². The number of carboxylic acids is 1. The molecular formula is C17H21NO5. The van der Waals surface area contributed by atoms with Gasteiger partial charge in [-0.15, -0.1) is 0 Å². The molecule has 0 aromatic heterocycles. The molecule has 6 heteroatoms. The molecule has 0 atom stereocenters. The molecule has 1 aliphatic heterocycles. The number of carbonyl (C=O) groups excluding carboxylic acids is 1. The van der Waals surface area contributed by atoms with Gasteiger partial charge in [0.2, 0.25) is 0 Å². The lowest BCUT2D eigenvalue weighted by atomic mass is 10.0. The fourth-order valence-corrected chi connectivity index (χ4v) is 2.51. The van der Waals surface area contributed by atoms with Crippen LogP contribution >= 0.6 is 0 Å². The Hall–Kier alpha value is -2.50. The third-order valence-corrected chi connectivity index (χ3v) is 3.55. The minimum Gasteiger partial charge on any atom is -0.493 e. The minimum absolute atomic E-state index is 0.131. The maximum absolute atomic E-state index is 12.6. The van der Waals surface area contributed by atoms with E-state index in [0.717, 1.165) is 12.5 Å². The molecule has 1 aromatic rings. The van der Waals surface area contributed by atoms with E-state index in [0.29, 0.717) is 29.3 Å². The second-order valence-corrected chi connectivity index (χ2v) is 5.81. The number of methoxy groups -OCH3 is 1. The molecule has 1 N–H and O–H groups in total. The summed E-state index contributed by atoms with van der Waals surface area (Å²) in [5.41, 5.74) is 0.245. The van der Waals surface area contributed by atoms with Crippen molar-refractivity contribution in [3.63, 3.8) is 0 Å². The number of anilines is 1. The summed E-state index contributed by atoms with van der Waals surface area (Å²) in [7, 11) is 1.51. The maximum Gasteiger partial charge on any atom is 0.328 e. The van der Waals surface area contributed by atoms with Crippen molar-refractivity contribution in [2.45, 2.75) is 32.8 Å². The van der Waals surface area contributed by atoms with E-state index in [4.69, 9.17) is 14.6 Å². The highest BCUT2D eigenvalue weighted by molar-refractivity contribution is 6.03. The molecule has 1 aromatic carbocycles. The molecule has 0 aliphatic carbocycles. The Morgan fingerprint density at radius 2 is 2.13 bits per heavy atom. The summed E-state index contributed by atoms with van der Waals surface area (Å²) in [6.45, 7) is 5.98. The summed E-state index contributed by atoms with van der Waals surface area (Å²) in [5, 5.41) is 8.78. The van der Waals surface area contributed by atoms with E-state index in [9.17, 15) is 9.59 Å². The first-order valence-corrected chi connectivity index (χ1v) is 7.44. The van der Waals surface area contributed by atoms with E-state index in [-0.39, 0.29) is 5.91 Å². The van der Waals surface area contributed by atoms with E-state index in [2.05, 4.69) is 0 Å². The zero-order chi connectivity index (χ0) is 17.2. The normalized spacial score (nSPS) is 16.2. The van der Waals surface area contributed by atoms with Crippen LogP contribution in [0.4, 0.5) is 5.69 Å². The fraction of sp³-hybridized carbons (Fsp3) is 0.412. The monoisotopic (exact) mass is 319 g/mol. The molecule has 6 nitrogen and oxygen atoms in total. The lowest BCUT2D eigenvalue weighted by molar-refractivity contribution is -0.133. The molecule has 1 aliphatic rings. The lowest BCUT2D eigenvalue weighted by Gasteiger charge is -2.39. The van der Waals surface area contributed by atoms with Crippen LogP contribution in [0.15, 0.2) is 18.2 Å². The molecule has 2 rings (SSSR count). The van der Waals surface area contributed by atoms with E-state index in [1.807, 2.05) is 6.92 Å². The smallest absolute Gasteiger partial charge is 0.328 e. The van der Waals surface area contributed by atoms with Crippen LogP contribution in [0.3, 0.4) is 0 Å². The summed E-state index contributed by atoms with van der Waals surface area (Å²) in [6, 6.07) is 3.42. The SMILES string of the molecule is CCCN1C(=O)C(C)(C)Oc2c(OC)cc(/C=C/C(=O)O)cc21. The van der Waals surface area contributed by atoms with Gasteiger partial charge in [0.15, 0.2) is 17.1 Å². The summed E-state index contributed by atoms with van der Waals surface area (Å²) in [6.07, 6.45) is 3.29. The molecule has 0 saturated heterocycles. The number of ether oxygens (including phenoxy) is 2. The molecule has 0 saturated carbocycles. The molecule has 1 amide bonds. The fourth-order valence-electron chi connectivity index (χ4n) is 2.51. The molecule has 0 fully saturated rings. The van der Waals surface area contributed by atoms with Crippen LogP contribution in [0.25, 0.3) is 6.08 Å². The quantitative estimate of drug-likeness (QED) is 0.845. The molecule has 1 heterocycles. The first-order chi connectivity index (χ1) is 10.8. The molecule has 23 heavy (non-hydrogen) atoms. The number of rotatable bonds is 5.